The molecule has 3 rings (SSSR count). The Morgan fingerprint density at radius 1 is 1.06 bits per heavy atom. The van der Waals surface area contributed by atoms with Gasteiger partial charge in [-0.15, -0.1) is 0 Å². The standard InChI is InChI=1S/C14H27N3/c1-9-7-12-8-11-5-4-6-15-13(11)17(3)14(12)16-10(9)2/h9-16H,4-8H2,1-3H3. The Balaban J connectivity index is 1.76. The van der Waals surface area contributed by atoms with Crippen molar-refractivity contribution in [1.29, 1.82) is 0 Å². The van der Waals surface area contributed by atoms with Crippen LogP contribution in [0, 0.1) is 17.8 Å². The molecule has 6 unspecified atom stereocenters. The highest BCUT2D eigenvalue weighted by Crippen LogP contribution is 2.39. The predicted molar refractivity (Wildman–Crippen MR) is 70.6 cm³/mol. The topological polar surface area (TPSA) is 27.3 Å². The van der Waals surface area contributed by atoms with Gasteiger partial charge in [-0.05, 0) is 64.0 Å². The van der Waals surface area contributed by atoms with Crippen LogP contribution in [0.4, 0.5) is 0 Å². The van der Waals surface area contributed by atoms with Gasteiger partial charge in [-0.3, -0.25) is 10.2 Å². The molecule has 0 radical (unpaired) electrons. The van der Waals surface area contributed by atoms with Gasteiger partial charge in [-0.2, -0.15) is 0 Å². The Bertz CT molecular complexity index is 279. The second-order valence-corrected chi connectivity index (χ2v) is 6.58. The number of hydrogen-bond donors (Lipinski definition) is 2. The van der Waals surface area contributed by atoms with Crippen LogP contribution in [0.5, 0.6) is 0 Å². The molecule has 3 nitrogen and oxygen atoms in total. The minimum atomic E-state index is 0.605. The van der Waals surface area contributed by atoms with Gasteiger partial charge < -0.3 is 5.32 Å². The van der Waals surface area contributed by atoms with Crippen LogP contribution in [0.1, 0.15) is 39.5 Å². The van der Waals surface area contributed by atoms with Crippen LogP contribution in [0.2, 0.25) is 0 Å². The van der Waals surface area contributed by atoms with E-state index < -0.39 is 0 Å². The van der Waals surface area contributed by atoms with Crippen LogP contribution in [-0.4, -0.2) is 36.9 Å². The largest absolute Gasteiger partial charge is 0.301 e. The molecule has 3 aliphatic heterocycles. The molecule has 0 saturated carbocycles. The first-order valence-electron chi connectivity index (χ1n) is 7.38. The van der Waals surface area contributed by atoms with Crippen LogP contribution in [-0.2, 0) is 0 Å². The average Bonchev–Trinajstić information content (AvgIpc) is 2.32. The fraction of sp³-hybridized carbons (Fsp3) is 1.00. The lowest BCUT2D eigenvalue weighted by molar-refractivity contribution is -0.0591. The van der Waals surface area contributed by atoms with Crippen molar-refractivity contribution in [1.82, 2.24) is 15.5 Å². The van der Waals surface area contributed by atoms with Crippen LogP contribution in [0.3, 0.4) is 0 Å². The fourth-order valence-corrected chi connectivity index (χ4v) is 4.28. The number of nitrogens with one attached hydrogen (secondary N) is 2. The van der Waals surface area contributed by atoms with Crippen molar-refractivity contribution in [3.05, 3.63) is 0 Å². The van der Waals surface area contributed by atoms with Crippen molar-refractivity contribution in [3.63, 3.8) is 0 Å². The van der Waals surface area contributed by atoms with Crippen molar-refractivity contribution >= 4 is 0 Å². The molecule has 98 valence electrons. The average molecular weight is 237 g/mol. The van der Waals surface area contributed by atoms with E-state index in [1.807, 2.05) is 0 Å². The highest BCUT2D eigenvalue weighted by atomic mass is 15.4. The molecule has 3 aliphatic rings. The normalized spacial score (nSPS) is 51.7. The third kappa shape index (κ3) is 2.02. The minimum Gasteiger partial charge on any atom is -0.301 e. The fourth-order valence-electron chi connectivity index (χ4n) is 4.28. The van der Waals surface area contributed by atoms with Crippen molar-refractivity contribution < 1.29 is 0 Å². The van der Waals surface area contributed by atoms with Gasteiger partial charge in [0, 0.05) is 6.04 Å². The summed E-state index contributed by atoms with van der Waals surface area (Å²) in [6, 6.07) is 0.666. The van der Waals surface area contributed by atoms with Crippen molar-refractivity contribution in [3.8, 4) is 0 Å². The molecule has 3 fully saturated rings. The summed E-state index contributed by atoms with van der Waals surface area (Å²) in [6.07, 6.45) is 6.86. The van der Waals surface area contributed by atoms with Crippen LogP contribution >= 0.6 is 0 Å². The molecule has 0 aromatic heterocycles. The maximum Gasteiger partial charge on any atom is 0.0639 e. The number of likely N-dealkylation sites (tertiary alicyclic amines) is 1. The number of piperidine rings is 3. The van der Waals surface area contributed by atoms with E-state index in [2.05, 4.69) is 36.4 Å². The molecule has 0 amide bonds. The van der Waals surface area contributed by atoms with Gasteiger partial charge in [0.05, 0.1) is 12.3 Å². The molecular formula is C14H27N3. The quantitative estimate of drug-likeness (QED) is 0.670. The number of nitrogens with zero attached hydrogens (tertiary/aromatic N) is 1. The van der Waals surface area contributed by atoms with Gasteiger partial charge in [0.1, 0.15) is 0 Å². The maximum absolute atomic E-state index is 3.84. The summed E-state index contributed by atoms with van der Waals surface area (Å²) in [5, 5.41) is 7.55. The zero-order valence-electron chi connectivity index (χ0n) is 11.4. The lowest BCUT2D eigenvalue weighted by Crippen LogP contribution is -2.68. The summed E-state index contributed by atoms with van der Waals surface area (Å²) >= 11 is 0. The molecule has 17 heavy (non-hydrogen) atoms. The van der Waals surface area contributed by atoms with Crippen LogP contribution < -0.4 is 10.6 Å². The summed E-state index contributed by atoms with van der Waals surface area (Å²) < 4.78 is 0. The molecule has 3 heterocycles. The van der Waals surface area contributed by atoms with Gasteiger partial charge in [0.15, 0.2) is 0 Å². The van der Waals surface area contributed by atoms with Gasteiger partial charge >= 0.3 is 0 Å². The molecule has 3 saturated heterocycles. The monoisotopic (exact) mass is 237 g/mol. The second-order valence-electron chi connectivity index (χ2n) is 6.58. The van der Waals surface area contributed by atoms with E-state index in [1.165, 1.54) is 32.2 Å². The van der Waals surface area contributed by atoms with Crippen molar-refractivity contribution in [2.24, 2.45) is 17.8 Å². The van der Waals surface area contributed by atoms with Gasteiger partial charge in [-0.25, -0.2) is 0 Å². The van der Waals surface area contributed by atoms with Gasteiger partial charge in [-0.1, -0.05) is 6.92 Å². The molecule has 0 aromatic rings. The lowest BCUT2D eigenvalue weighted by Gasteiger charge is -2.54. The maximum atomic E-state index is 3.84. The van der Waals surface area contributed by atoms with E-state index >= 15 is 0 Å². The van der Waals surface area contributed by atoms with Crippen molar-refractivity contribution in [2.75, 3.05) is 13.6 Å². The first kappa shape index (κ1) is 11.9. The zero-order chi connectivity index (χ0) is 12.0. The van der Waals surface area contributed by atoms with Crippen LogP contribution in [0.25, 0.3) is 0 Å². The molecule has 0 aliphatic carbocycles. The lowest BCUT2D eigenvalue weighted by atomic mass is 9.73. The first-order valence-corrected chi connectivity index (χ1v) is 7.38. The van der Waals surface area contributed by atoms with E-state index in [9.17, 15) is 0 Å². The Kier molecular flexibility index (Phi) is 3.18. The first-order chi connectivity index (χ1) is 8.16. The summed E-state index contributed by atoms with van der Waals surface area (Å²) in [5.74, 6) is 2.59. The number of rotatable bonds is 0. The molecule has 0 spiro atoms. The molecule has 0 aromatic carbocycles. The van der Waals surface area contributed by atoms with E-state index in [0.717, 1.165) is 17.8 Å². The molecule has 0 bridgehead atoms. The Morgan fingerprint density at radius 3 is 2.71 bits per heavy atom. The summed E-state index contributed by atoms with van der Waals surface area (Å²) in [4.78, 5) is 2.58. The van der Waals surface area contributed by atoms with E-state index in [1.54, 1.807) is 0 Å². The summed E-state index contributed by atoms with van der Waals surface area (Å²) in [6.45, 7) is 5.95. The third-order valence-corrected chi connectivity index (χ3v) is 5.44. The molecule has 2 N–H and O–H groups in total. The number of fused-ring (bicyclic) bond motifs is 2. The van der Waals surface area contributed by atoms with Gasteiger partial charge in [0.25, 0.3) is 0 Å². The smallest absolute Gasteiger partial charge is 0.0639 e. The third-order valence-electron chi connectivity index (χ3n) is 5.44. The molecule has 3 heteroatoms. The van der Waals surface area contributed by atoms with Crippen molar-refractivity contribution in [2.45, 2.75) is 57.9 Å². The summed E-state index contributed by atoms with van der Waals surface area (Å²) in [7, 11) is 2.31. The Morgan fingerprint density at radius 2 is 1.88 bits per heavy atom. The highest BCUT2D eigenvalue weighted by molar-refractivity contribution is 4.97. The Labute approximate surface area is 105 Å². The van der Waals surface area contributed by atoms with E-state index in [-0.39, 0.29) is 0 Å². The predicted octanol–water partition coefficient (Wildman–Crippen LogP) is 1.61. The summed E-state index contributed by atoms with van der Waals surface area (Å²) in [5.41, 5.74) is 0. The van der Waals surface area contributed by atoms with Gasteiger partial charge in [0.2, 0.25) is 0 Å². The molecule has 6 atom stereocenters. The Hall–Kier alpha value is -0.120. The molecular weight excluding hydrogens is 210 g/mol. The minimum absolute atomic E-state index is 0.605. The highest BCUT2D eigenvalue weighted by Gasteiger charge is 2.44. The van der Waals surface area contributed by atoms with Crippen LogP contribution in [0.15, 0.2) is 0 Å². The van der Waals surface area contributed by atoms with E-state index in [4.69, 9.17) is 0 Å². The van der Waals surface area contributed by atoms with E-state index in [0.29, 0.717) is 18.4 Å². The SMILES string of the molecule is CC1CC2CC3CCCNC3N(C)C2NC1C. The zero-order valence-corrected chi connectivity index (χ0v) is 11.4. The number of hydrogen-bond acceptors (Lipinski definition) is 3. The second kappa shape index (κ2) is 4.52.